The van der Waals surface area contributed by atoms with Crippen molar-refractivity contribution < 1.29 is 9.18 Å². The summed E-state index contributed by atoms with van der Waals surface area (Å²) >= 11 is 0. The van der Waals surface area contributed by atoms with Crippen LogP contribution in [-0.2, 0) is 7.05 Å². The van der Waals surface area contributed by atoms with E-state index in [1.165, 1.54) is 24.3 Å². The van der Waals surface area contributed by atoms with E-state index in [4.69, 9.17) is 5.26 Å². The zero-order valence-electron chi connectivity index (χ0n) is 10.4. The number of aromatic nitrogens is 2. The lowest BCUT2D eigenvalue weighted by Crippen LogP contribution is -2.13. The number of carbonyl (C=O) groups excluding carboxylic acids is 1. The summed E-state index contributed by atoms with van der Waals surface area (Å²) < 4.78 is 14.3. The molecule has 2 rings (SSSR count). The van der Waals surface area contributed by atoms with Crippen LogP contribution in [0.3, 0.4) is 0 Å². The molecule has 1 amide bonds. The number of amides is 1. The summed E-state index contributed by atoms with van der Waals surface area (Å²) in [7, 11) is 1.69. The van der Waals surface area contributed by atoms with E-state index in [0.29, 0.717) is 11.4 Å². The van der Waals surface area contributed by atoms with Gasteiger partial charge >= 0.3 is 0 Å². The van der Waals surface area contributed by atoms with Crippen LogP contribution >= 0.6 is 0 Å². The van der Waals surface area contributed by atoms with E-state index in [9.17, 15) is 9.18 Å². The minimum Gasteiger partial charge on any atom is -0.321 e. The van der Waals surface area contributed by atoms with Gasteiger partial charge in [0, 0.05) is 12.6 Å². The fourth-order valence-corrected chi connectivity index (χ4v) is 1.61. The Hall–Kier alpha value is -2.68. The first-order chi connectivity index (χ1) is 9.02. The third-order valence-corrected chi connectivity index (χ3v) is 2.76. The molecule has 0 spiro atoms. The highest BCUT2D eigenvalue weighted by molar-refractivity contribution is 6.04. The number of carbonyl (C=O) groups is 1. The summed E-state index contributed by atoms with van der Waals surface area (Å²) in [5, 5.41) is 11.6. The van der Waals surface area contributed by atoms with Crippen LogP contribution in [0.25, 0.3) is 0 Å². The molecular formula is C13H11FN4O. The predicted octanol–water partition coefficient (Wildman–Crippen LogP) is 1.99. The molecule has 0 bridgehead atoms. The average Bonchev–Trinajstić information content (AvgIpc) is 2.65. The van der Waals surface area contributed by atoms with Crippen molar-refractivity contribution in [1.29, 1.82) is 5.26 Å². The SMILES string of the molecule is Cc1nc(NC(=O)c2ccc(F)cc2)c(C#N)n1C. The molecule has 0 saturated carbocycles. The maximum Gasteiger partial charge on any atom is 0.256 e. The highest BCUT2D eigenvalue weighted by Gasteiger charge is 2.15. The van der Waals surface area contributed by atoms with Gasteiger partial charge in [-0.15, -0.1) is 0 Å². The molecule has 0 aliphatic heterocycles. The molecule has 1 aromatic carbocycles. The van der Waals surface area contributed by atoms with Crippen molar-refractivity contribution >= 4 is 11.7 Å². The van der Waals surface area contributed by atoms with Crippen LogP contribution in [0.5, 0.6) is 0 Å². The Morgan fingerprint density at radius 1 is 1.42 bits per heavy atom. The molecular weight excluding hydrogens is 247 g/mol. The van der Waals surface area contributed by atoms with Crippen LogP contribution in [0.15, 0.2) is 24.3 Å². The van der Waals surface area contributed by atoms with E-state index >= 15 is 0 Å². The Kier molecular flexibility index (Phi) is 3.29. The second kappa shape index (κ2) is 4.90. The molecule has 19 heavy (non-hydrogen) atoms. The van der Waals surface area contributed by atoms with Gasteiger partial charge < -0.3 is 9.88 Å². The van der Waals surface area contributed by atoms with Crippen molar-refractivity contribution in [2.45, 2.75) is 6.92 Å². The van der Waals surface area contributed by atoms with Crippen molar-refractivity contribution in [3.05, 3.63) is 47.2 Å². The molecule has 1 heterocycles. The minimum absolute atomic E-state index is 0.205. The number of anilines is 1. The molecule has 5 nitrogen and oxygen atoms in total. The van der Waals surface area contributed by atoms with Gasteiger partial charge in [0.1, 0.15) is 17.7 Å². The quantitative estimate of drug-likeness (QED) is 0.895. The molecule has 0 radical (unpaired) electrons. The molecule has 1 aromatic heterocycles. The van der Waals surface area contributed by atoms with Crippen LogP contribution in [-0.4, -0.2) is 15.5 Å². The third-order valence-electron chi connectivity index (χ3n) is 2.76. The zero-order chi connectivity index (χ0) is 14.0. The number of imidazole rings is 1. The lowest BCUT2D eigenvalue weighted by molar-refractivity contribution is 0.102. The summed E-state index contributed by atoms with van der Waals surface area (Å²) in [6.45, 7) is 1.73. The second-order valence-electron chi connectivity index (χ2n) is 3.99. The van der Waals surface area contributed by atoms with Crippen LogP contribution in [0.1, 0.15) is 21.9 Å². The summed E-state index contributed by atoms with van der Waals surface area (Å²) in [4.78, 5) is 16.0. The predicted molar refractivity (Wildman–Crippen MR) is 67.0 cm³/mol. The standard InChI is InChI=1S/C13H11FN4O/c1-8-16-12(11(7-15)18(8)2)17-13(19)9-3-5-10(14)6-4-9/h3-6H,1-2H3,(H,17,19). The first kappa shape index (κ1) is 12.8. The Morgan fingerprint density at radius 2 is 2.05 bits per heavy atom. The number of aryl methyl sites for hydroxylation is 1. The number of nitriles is 1. The lowest BCUT2D eigenvalue weighted by atomic mass is 10.2. The lowest BCUT2D eigenvalue weighted by Gasteiger charge is -2.02. The first-order valence-corrected chi connectivity index (χ1v) is 5.53. The molecule has 0 fully saturated rings. The van der Waals surface area contributed by atoms with E-state index < -0.39 is 11.7 Å². The molecule has 2 aromatic rings. The third kappa shape index (κ3) is 2.45. The zero-order valence-corrected chi connectivity index (χ0v) is 10.4. The molecule has 6 heteroatoms. The van der Waals surface area contributed by atoms with Crippen LogP contribution in [0.2, 0.25) is 0 Å². The van der Waals surface area contributed by atoms with Crippen LogP contribution in [0.4, 0.5) is 10.2 Å². The van der Waals surface area contributed by atoms with Gasteiger partial charge in [0.15, 0.2) is 11.5 Å². The Bertz CT molecular complexity index is 667. The number of benzene rings is 1. The number of rotatable bonds is 2. The molecule has 0 aliphatic rings. The van der Waals surface area contributed by atoms with E-state index in [1.807, 2.05) is 6.07 Å². The molecule has 0 unspecified atom stereocenters. The smallest absolute Gasteiger partial charge is 0.256 e. The molecule has 0 atom stereocenters. The first-order valence-electron chi connectivity index (χ1n) is 5.53. The van der Waals surface area contributed by atoms with E-state index in [2.05, 4.69) is 10.3 Å². The Morgan fingerprint density at radius 3 is 2.63 bits per heavy atom. The number of nitrogens with zero attached hydrogens (tertiary/aromatic N) is 3. The van der Waals surface area contributed by atoms with Gasteiger partial charge in [-0.3, -0.25) is 4.79 Å². The topological polar surface area (TPSA) is 70.7 Å². The number of hydrogen-bond donors (Lipinski definition) is 1. The maximum absolute atomic E-state index is 12.8. The molecule has 0 saturated heterocycles. The van der Waals surface area contributed by atoms with Crippen LogP contribution in [0, 0.1) is 24.1 Å². The highest BCUT2D eigenvalue weighted by atomic mass is 19.1. The fraction of sp³-hybridized carbons (Fsp3) is 0.154. The van der Waals surface area contributed by atoms with Gasteiger partial charge in [0.25, 0.3) is 5.91 Å². The molecule has 96 valence electrons. The summed E-state index contributed by atoms with van der Waals surface area (Å²) in [6, 6.07) is 7.11. The van der Waals surface area contributed by atoms with Crippen LogP contribution < -0.4 is 5.32 Å². The van der Waals surface area contributed by atoms with Gasteiger partial charge in [0.2, 0.25) is 0 Å². The monoisotopic (exact) mass is 258 g/mol. The van der Waals surface area contributed by atoms with Gasteiger partial charge in [-0.2, -0.15) is 5.26 Å². The van der Waals surface area contributed by atoms with E-state index in [0.717, 1.165) is 0 Å². The molecule has 0 aliphatic carbocycles. The van der Waals surface area contributed by atoms with Gasteiger partial charge in [-0.05, 0) is 31.2 Å². The minimum atomic E-state index is -0.436. The van der Waals surface area contributed by atoms with E-state index in [1.54, 1.807) is 18.5 Å². The van der Waals surface area contributed by atoms with Crippen molar-refractivity contribution in [3.8, 4) is 6.07 Å². The highest BCUT2D eigenvalue weighted by Crippen LogP contribution is 2.15. The Labute approximate surface area is 109 Å². The number of halogens is 1. The van der Waals surface area contributed by atoms with Gasteiger partial charge in [-0.25, -0.2) is 9.37 Å². The van der Waals surface area contributed by atoms with E-state index in [-0.39, 0.29) is 11.5 Å². The number of nitrogens with one attached hydrogen (secondary N) is 1. The van der Waals surface area contributed by atoms with Gasteiger partial charge in [0.05, 0.1) is 0 Å². The largest absolute Gasteiger partial charge is 0.321 e. The van der Waals surface area contributed by atoms with Gasteiger partial charge in [-0.1, -0.05) is 0 Å². The summed E-state index contributed by atoms with van der Waals surface area (Å²) in [6.07, 6.45) is 0. The summed E-state index contributed by atoms with van der Waals surface area (Å²) in [5.74, 6) is -0.0275. The van der Waals surface area contributed by atoms with Crippen molar-refractivity contribution in [2.24, 2.45) is 7.05 Å². The fourth-order valence-electron chi connectivity index (χ4n) is 1.61. The average molecular weight is 258 g/mol. The number of hydrogen-bond acceptors (Lipinski definition) is 3. The Balaban J connectivity index is 2.27. The second-order valence-corrected chi connectivity index (χ2v) is 3.99. The van der Waals surface area contributed by atoms with Crippen molar-refractivity contribution in [1.82, 2.24) is 9.55 Å². The normalized spacial score (nSPS) is 10.0. The van der Waals surface area contributed by atoms with Crippen molar-refractivity contribution in [3.63, 3.8) is 0 Å². The summed E-state index contributed by atoms with van der Waals surface area (Å²) in [5.41, 5.74) is 0.571. The van der Waals surface area contributed by atoms with Crippen molar-refractivity contribution in [2.75, 3.05) is 5.32 Å². The molecule has 1 N–H and O–H groups in total. The maximum atomic E-state index is 12.8.